The standard InChI is InChI=1S/C24H16BrCl2NO3S2/c1-30-21-10-14(6-9-20(21)31-13-15-4-2-3-5-18(15)26)11-22-23(29)28(24(32)33-22)16-7-8-17(25)19(27)12-16/h2-12H,13H2,1H3/b22-11+. The van der Waals surface area contributed by atoms with E-state index >= 15 is 0 Å². The van der Waals surface area contributed by atoms with Crippen LogP contribution in [0.2, 0.25) is 10.0 Å². The predicted molar refractivity (Wildman–Crippen MR) is 144 cm³/mol. The first-order valence-electron chi connectivity index (χ1n) is 9.64. The van der Waals surface area contributed by atoms with Crippen molar-refractivity contribution in [1.82, 2.24) is 0 Å². The Hall–Kier alpha value is -2.03. The van der Waals surface area contributed by atoms with Crippen LogP contribution in [0.3, 0.4) is 0 Å². The van der Waals surface area contributed by atoms with Crippen LogP contribution in [0.15, 0.2) is 70.0 Å². The molecule has 0 unspecified atom stereocenters. The lowest BCUT2D eigenvalue weighted by Crippen LogP contribution is -2.27. The molecule has 4 rings (SSSR count). The number of halogens is 3. The van der Waals surface area contributed by atoms with E-state index in [2.05, 4.69) is 15.9 Å². The van der Waals surface area contributed by atoms with Gasteiger partial charge >= 0.3 is 0 Å². The van der Waals surface area contributed by atoms with Crippen LogP contribution in [0.5, 0.6) is 11.5 Å². The third-order valence-electron chi connectivity index (χ3n) is 4.78. The number of rotatable bonds is 6. The van der Waals surface area contributed by atoms with Crippen molar-refractivity contribution in [3.05, 3.63) is 91.2 Å². The summed E-state index contributed by atoms with van der Waals surface area (Å²) in [6, 6.07) is 18.2. The van der Waals surface area contributed by atoms with Gasteiger partial charge in [-0.3, -0.25) is 9.69 Å². The zero-order chi connectivity index (χ0) is 23.5. The average molecular weight is 581 g/mol. The van der Waals surface area contributed by atoms with Gasteiger partial charge in [-0.1, -0.05) is 71.4 Å². The fraction of sp³-hybridized carbons (Fsp3) is 0.0833. The molecular formula is C24H16BrCl2NO3S2. The molecule has 0 aliphatic carbocycles. The lowest BCUT2D eigenvalue weighted by molar-refractivity contribution is -0.113. The number of thioether (sulfide) groups is 1. The number of amides is 1. The number of thiocarbonyl (C=S) groups is 1. The molecule has 3 aromatic carbocycles. The van der Waals surface area contributed by atoms with Gasteiger partial charge in [-0.2, -0.15) is 0 Å². The van der Waals surface area contributed by atoms with Crippen molar-refractivity contribution in [2.24, 2.45) is 0 Å². The summed E-state index contributed by atoms with van der Waals surface area (Å²) in [6.07, 6.45) is 1.78. The average Bonchev–Trinajstić information content (AvgIpc) is 3.08. The summed E-state index contributed by atoms with van der Waals surface area (Å²) in [5.41, 5.74) is 2.28. The van der Waals surface area contributed by atoms with Gasteiger partial charge in [0.15, 0.2) is 15.8 Å². The van der Waals surface area contributed by atoms with Crippen LogP contribution in [0, 0.1) is 0 Å². The fourth-order valence-electron chi connectivity index (χ4n) is 3.13. The molecule has 0 atom stereocenters. The Morgan fingerprint density at radius 2 is 1.85 bits per heavy atom. The van der Waals surface area contributed by atoms with Gasteiger partial charge in [0, 0.05) is 15.1 Å². The second-order valence-corrected chi connectivity index (χ2v) is 10.3. The molecule has 3 aromatic rings. The van der Waals surface area contributed by atoms with Gasteiger partial charge in [-0.05, 0) is 64.0 Å². The first-order chi connectivity index (χ1) is 15.9. The van der Waals surface area contributed by atoms with E-state index in [4.69, 9.17) is 44.9 Å². The van der Waals surface area contributed by atoms with Gasteiger partial charge in [0.2, 0.25) is 0 Å². The van der Waals surface area contributed by atoms with Crippen molar-refractivity contribution in [3.63, 3.8) is 0 Å². The highest BCUT2D eigenvalue weighted by atomic mass is 79.9. The molecule has 1 fully saturated rings. The Morgan fingerprint density at radius 1 is 1.06 bits per heavy atom. The van der Waals surface area contributed by atoms with E-state index in [9.17, 15) is 4.79 Å². The second-order valence-electron chi connectivity index (χ2n) is 6.91. The van der Waals surface area contributed by atoms with E-state index in [0.29, 0.717) is 43.1 Å². The van der Waals surface area contributed by atoms with Crippen molar-refractivity contribution in [3.8, 4) is 11.5 Å². The second kappa shape index (κ2) is 10.5. The molecule has 0 spiro atoms. The molecule has 0 radical (unpaired) electrons. The lowest BCUT2D eigenvalue weighted by atomic mass is 10.1. The zero-order valence-electron chi connectivity index (χ0n) is 17.2. The molecule has 1 aliphatic rings. The highest BCUT2D eigenvalue weighted by Gasteiger charge is 2.33. The summed E-state index contributed by atoms with van der Waals surface area (Å²) in [4.78, 5) is 15.0. The van der Waals surface area contributed by atoms with Crippen molar-refractivity contribution < 1.29 is 14.3 Å². The molecule has 4 nitrogen and oxygen atoms in total. The number of hydrogen-bond acceptors (Lipinski definition) is 5. The smallest absolute Gasteiger partial charge is 0.270 e. The summed E-state index contributed by atoms with van der Waals surface area (Å²) in [5, 5.41) is 1.14. The van der Waals surface area contributed by atoms with E-state index in [1.165, 1.54) is 16.7 Å². The Kier molecular flexibility index (Phi) is 7.66. The topological polar surface area (TPSA) is 38.8 Å². The van der Waals surface area contributed by atoms with E-state index < -0.39 is 0 Å². The molecule has 1 amide bonds. The third-order valence-corrected chi connectivity index (χ3v) is 7.68. The molecule has 1 aliphatic heterocycles. The van der Waals surface area contributed by atoms with Gasteiger partial charge in [0.1, 0.15) is 6.61 Å². The molecule has 1 heterocycles. The Balaban J connectivity index is 1.55. The van der Waals surface area contributed by atoms with Crippen molar-refractivity contribution in [2.75, 3.05) is 12.0 Å². The first kappa shape index (κ1) is 24.1. The van der Waals surface area contributed by atoms with Gasteiger partial charge in [0.25, 0.3) is 5.91 Å². The van der Waals surface area contributed by atoms with E-state index in [0.717, 1.165) is 15.6 Å². The molecule has 168 valence electrons. The van der Waals surface area contributed by atoms with Crippen LogP contribution in [0.1, 0.15) is 11.1 Å². The zero-order valence-corrected chi connectivity index (χ0v) is 21.9. The molecule has 0 N–H and O–H groups in total. The van der Waals surface area contributed by atoms with Crippen LogP contribution in [-0.4, -0.2) is 17.3 Å². The quantitative estimate of drug-likeness (QED) is 0.220. The van der Waals surface area contributed by atoms with E-state index in [1.807, 2.05) is 36.4 Å². The van der Waals surface area contributed by atoms with Crippen LogP contribution in [0.25, 0.3) is 6.08 Å². The van der Waals surface area contributed by atoms with Crippen LogP contribution >= 0.6 is 63.1 Å². The highest BCUT2D eigenvalue weighted by molar-refractivity contribution is 9.10. The maximum atomic E-state index is 13.1. The summed E-state index contributed by atoms with van der Waals surface area (Å²) in [6.45, 7) is 0.309. The largest absolute Gasteiger partial charge is 0.493 e. The lowest BCUT2D eigenvalue weighted by Gasteiger charge is -2.15. The van der Waals surface area contributed by atoms with Gasteiger partial charge in [-0.25, -0.2) is 0 Å². The molecule has 1 saturated heterocycles. The number of nitrogens with zero attached hydrogens (tertiary/aromatic N) is 1. The van der Waals surface area contributed by atoms with Gasteiger partial charge in [0.05, 0.1) is 22.7 Å². The molecule has 0 aromatic heterocycles. The van der Waals surface area contributed by atoms with Crippen LogP contribution < -0.4 is 14.4 Å². The molecule has 9 heteroatoms. The monoisotopic (exact) mass is 579 g/mol. The van der Waals surface area contributed by atoms with Crippen LogP contribution in [0.4, 0.5) is 5.69 Å². The number of carbonyl (C=O) groups excluding carboxylic acids is 1. The maximum absolute atomic E-state index is 13.1. The SMILES string of the molecule is COc1cc(/C=C2/SC(=S)N(c3ccc(Br)c(Cl)c3)C2=O)ccc1OCc1ccccc1Cl. The Bertz CT molecular complexity index is 1280. The van der Waals surface area contributed by atoms with E-state index in [-0.39, 0.29) is 5.91 Å². The number of anilines is 1. The molecule has 0 bridgehead atoms. The number of methoxy groups -OCH3 is 1. The minimum atomic E-state index is -0.207. The summed E-state index contributed by atoms with van der Waals surface area (Å²) >= 11 is 22.4. The summed E-state index contributed by atoms with van der Waals surface area (Å²) in [7, 11) is 1.57. The van der Waals surface area contributed by atoms with E-state index in [1.54, 1.807) is 37.5 Å². The van der Waals surface area contributed by atoms with Crippen molar-refractivity contribution >= 4 is 85.1 Å². The highest BCUT2D eigenvalue weighted by Crippen LogP contribution is 2.39. The molecule has 0 saturated carbocycles. The normalized spacial score (nSPS) is 14.8. The Labute approximate surface area is 219 Å². The number of carbonyl (C=O) groups is 1. The van der Waals surface area contributed by atoms with Crippen LogP contribution in [-0.2, 0) is 11.4 Å². The third kappa shape index (κ3) is 5.39. The van der Waals surface area contributed by atoms with Gasteiger partial charge in [-0.15, -0.1) is 0 Å². The minimum Gasteiger partial charge on any atom is -0.493 e. The number of hydrogen-bond donors (Lipinski definition) is 0. The fourth-order valence-corrected chi connectivity index (χ4v) is 5.04. The minimum absolute atomic E-state index is 0.207. The molecular weight excluding hydrogens is 565 g/mol. The maximum Gasteiger partial charge on any atom is 0.270 e. The summed E-state index contributed by atoms with van der Waals surface area (Å²) < 4.78 is 12.6. The first-order valence-corrected chi connectivity index (χ1v) is 12.4. The van der Waals surface area contributed by atoms with Gasteiger partial charge < -0.3 is 9.47 Å². The molecule has 33 heavy (non-hydrogen) atoms. The number of benzene rings is 3. The van der Waals surface area contributed by atoms with Crippen molar-refractivity contribution in [2.45, 2.75) is 6.61 Å². The Morgan fingerprint density at radius 3 is 2.58 bits per heavy atom. The predicted octanol–water partition coefficient (Wildman–Crippen LogP) is 7.75. The number of ether oxygens (including phenoxy) is 2. The van der Waals surface area contributed by atoms with Crippen molar-refractivity contribution in [1.29, 1.82) is 0 Å². The summed E-state index contributed by atoms with van der Waals surface area (Å²) in [5.74, 6) is 0.916.